The van der Waals surface area contributed by atoms with Crippen LogP contribution in [0.1, 0.15) is 24.5 Å². The SMILES string of the molecule is CCC=NCc1ccc(CC[Si](OC)(OC)OC)cc1. The van der Waals surface area contributed by atoms with E-state index in [1.807, 2.05) is 6.21 Å². The van der Waals surface area contributed by atoms with Crippen molar-refractivity contribution in [2.75, 3.05) is 21.3 Å². The van der Waals surface area contributed by atoms with Crippen LogP contribution >= 0.6 is 0 Å². The molecular weight excluding hydrogens is 270 g/mol. The Labute approximate surface area is 123 Å². The topological polar surface area (TPSA) is 40.0 Å². The number of aliphatic imine (C=N–C) groups is 1. The summed E-state index contributed by atoms with van der Waals surface area (Å²) in [5.41, 5.74) is 2.49. The van der Waals surface area contributed by atoms with Gasteiger partial charge >= 0.3 is 8.80 Å². The number of rotatable bonds is 9. The summed E-state index contributed by atoms with van der Waals surface area (Å²) in [7, 11) is 2.48. The van der Waals surface area contributed by atoms with E-state index in [-0.39, 0.29) is 0 Å². The molecule has 0 saturated heterocycles. The van der Waals surface area contributed by atoms with Gasteiger partial charge in [0.15, 0.2) is 0 Å². The van der Waals surface area contributed by atoms with Gasteiger partial charge in [-0.15, -0.1) is 0 Å². The van der Waals surface area contributed by atoms with Gasteiger partial charge in [-0.05, 0) is 30.2 Å². The zero-order valence-electron chi connectivity index (χ0n) is 12.9. The average molecular weight is 295 g/mol. The Morgan fingerprint density at radius 3 is 2.05 bits per heavy atom. The highest BCUT2D eigenvalue weighted by atomic mass is 28.4. The summed E-state index contributed by atoms with van der Waals surface area (Å²) in [6.07, 6.45) is 3.82. The molecule has 0 aliphatic carbocycles. The van der Waals surface area contributed by atoms with Crippen LogP contribution in [0.3, 0.4) is 0 Å². The monoisotopic (exact) mass is 295 g/mol. The summed E-state index contributed by atoms with van der Waals surface area (Å²) in [6.45, 7) is 2.84. The van der Waals surface area contributed by atoms with Crippen LogP contribution in [0.15, 0.2) is 29.3 Å². The molecule has 0 aromatic heterocycles. The summed E-state index contributed by atoms with van der Waals surface area (Å²) in [5.74, 6) is 0. The smallest absolute Gasteiger partial charge is 0.377 e. The van der Waals surface area contributed by atoms with Gasteiger partial charge in [0, 0.05) is 27.4 Å². The third kappa shape index (κ3) is 5.17. The molecule has 0 aliphatic heterocycles. The molecule has 0 radical (unpaired) electrons. The van der Waals surface area contributed by atoms with Crippen LogP contribution in [-0.2, 0) is 26.2 Å². The summed E-state index contributed by atoms with van der Waals surface area (Å²) >= 11 is 0. The van der Waals surface area contributed by atoms with Gasteiger partial charge in [0.2, 0.25) is 0 Å². The van der Waals surface area contributed by atoms with Crippen LogP contribution < -0.4 is 0 Å². The lowest BCUT2D eigenvalue weighted by atomic mass is 10.1. The van der Waals surface area contributed by atoms with E-state index in [9.17, 15) is 0 Å². The minimum absolute atomic E-state index is 0.751. The third-order valence-electron chi connectivity index (χ3n) is 3.26. The molecule has 0 saturated carbocycles. The van der Waals surface area contributed by atoms with Crippen LogP contribution in [-0.4, -0.2) is 36.3 Å². The maximum absolute atomic E-state index is 5.42. The first-order valence-electron chi connectivity index (χ1n) is 6.91. The molecule has 5 heteroatoms. The van der Waals surface area contributed by atoms with E-state index in [0.717, 1.165) is 25.4 Å². The van der Waals surface area contributed by atoms with Crippen LogP contribution in [0.25, 0.3) is 0 Å². The van der Waals surface area contributed by atoms with E-state index in [1.165, 1.54) is 11.1 Å². The summed E-state index contributed by atoms with van der Waals surface area (Å²) < 4.78 is 16.3. The minimum Gasteiger partial charge on any atom is -0.377 e. The number of aryl methyl sites for hydroxylation is 1. The molecule has 0 bridgehead atoms. The van der Waals surface area contributed by atoms with Gasteiger partial charge in [0.05, 0.1) is 6.54 Å². The number of nitrogens with zero attached hydrogens (tertiary/aromatic N) is 1. The molecular formula is C15H25NO3Si. The quantitative estimate of drug-likeness (QED) is 0.519. The Balaban J connectivity index is 2.55. The summed E-state index contributed by atoms with van der Waals surface area (Å²) in [6, 6.07) is 9.30. The second-order valence-corrected chi connectivity index (χ2v) is 7.63. The van der Waals surface area contributed by atoms with Crippen molar-refractivity contribution in [1.29, 1.82) is 0 Å². The van der Waals surface area contributed by atoms with Crippen molar-refractivity contribution < 1.29 is 13.3 Å². The van der Waals surface area contributed by atoms with Gasteiger partial charge in [0.1, 0.15) is 0 Å². The molecule has 0 amide bonds. The van der Waals surface area contributed by atoms with Crippen molar-refractivity contribution in [1.82, 2.24) is 0 Å². The van der Waals surface area contributed by atoms with Gasteiger partial charge in [-0.1, -0.05) is 31.2 Å². The fourth-order valence-corrected chi connectivity index (χ4v) is 3.67. The van der Waals surface area contributed by atoms with Gasteiger partial charge in [0.25, 0.3) is 0 Å². The van der Waals surface area contributed by atoms with E-state index in [0.29, 0.717) is 0 Å². The Bertz CT molecular complexity index is 394. The maximum atomic E-state index is 5.42. The first-order valence-corrected chi connectivity index (χ1v) is 8.84. The van der Waals surface area contributed by atoms with E-state index in [1.54, 1.807) is 21.3 Å². The third-order valence-corrected chi connectivity index (χ3v) is 5.99. The van der Waals surface area contributed by atoms with Crippen molar-refractivity contribution in [3.63, 3.8) is 0 Å². The Kier molecular flexibility index (Phi) is 7.69. The van der Waals surface area contributed by atoms with E-state index < -0.39 is 8.80 Å². The number of hydrogen-bond acceptors (Lipinski definition) is 4. The number of benzene rings is 1. The Hall–Kier alpha value is -1.01. The van der Waals surface area contributed by atoms with E-state index >= 15 is 0 Å². The predicted molar refractivity (Wildman–Crippen MR) is 84.2 cm³/mol. The fourth-order valence-electron chi connectivity index (χ4n) is 1.96. The lowest BCUT2D eigenvalue weighted by molar-refractivity contribution is 0.123. The maximum Gasteiger partial charge on any atom is 0.500 e. The molecule has 0 N–H and O–H groups in total. The second kappa shape index (κ2) is 9.02. The molecule has 0 aliphatic rings. The molecule has 0 heterocycles. The molecule has 1 rings (SSSR count). The average Bonchev–Trinajstić information content (AvgIpc) is 2.51. The molecule has 1 aromatic rings. The highest BCUT2D eigenvalue weighted by Crippen LogP contribution is 2.17. The zero-order chi connectivity index (χ0) is 14.8. The van der Waals surface area contributed by atoms with Crippen LogP contribution in [0.5, 0.6) is 0 Å². The lowest BCUT2D eigenvalue weighted by Crippen LogP contribution is -2.43. The van der Waals surface area contributed by atoms with E-state index in [4.69, 9.17) is 13.3 Å². The highest BCUT2D eigenvalue weighted by Gasteiger charge is 2.36. The molecule has 4 nitrogen and oxygen atoms in total. The zero-order valence-corrected chi connectivity index (χ0v) is 13.9. The normalized spacial score (nSPS) is 12.2. The van der Waals surface area contributed by atoms with Crippen LogP contribution in [0.4, 0.5) is 0 Å². The molecule has 20 heavy (non-hydrogen) atoms. The molecule has 0 spiro atoms. The van der Waals surface area contributed by atoms with Crippen molar-refractivity contribution in [3.05, 3.63) is 35.4 Å². The van der Waals surface area contributed by atoms with Crippen LogP contribution in [0.2, 0.25) is 6.04 Å². The highest BCUT2D eigenvalue weighted by molar-refractivity contribution is 6.60. The van der Waals surface area contributed by atoms with Crippen molar-refractivity contribution >= 4 is 15.0 Å². The summed E-state index contributed by atoms with van der Waals surface area (Å²) in [5, 5.41) is 0. The first-order chi connectivity index (χ1) is 9.69. The largest absolute Gasteiger partial charge is 0.500 e. The minimum atomic E-state index is -2.46. The van der Waals surface area contributed by atoms with Gasteiger partial charge in [-0.3, -0.25) is 4.99 Å². The fraction of sp³-hybridized carbons (Fsp3) is 0.533. The molecule has 1 aromatic carbocycles. The Morgan fingerprint density at radius 2 is 1.55 bits per heavy atom. The molecule has 112 valence electrons. The van der Waals surface area contributed by atoms with Gasteiger partial charge in [-0.2, -0.15) is 0 Å². The predicted octanol–water partition coefficient (Wildman–Crippen LogP) is 3.09. The van der Waals surface area contributed by atoms with Gasteiger partial charge in [-0.25, -0.2) is 0 Å². The molecule has 0 atom stereocenters. The Morgan fingerprint density at radius 1 is 1.00 bits per heavy atom. The van der Waals surface area contributed by atoms with Gasteiger partial charge < -0.3 is 13.3 Å². The summed E-state index contributed by atoms with van der Waals surface area (Å²) in [4.78, 5) is 4.34. The number of hydrogen-bond donors (Lipinski definition) is 0. The molecule has 0 unspecified atom stereocenters. The lowest BCUT2D eigenvalue weighted by Gasteiger charge is -2.24. The van der Waals surface area contributed by atoms with Crippen molar-refractivity contribution in [3.8, 4) is 0 Å². The van der Waals surface area contributed by atoms with Crippen molar-refractivity contribution in [2.45, 2.75) is 32.4 Å². The standard InChI is InChI=1S/C15H25NO3Si/c1-5-11-16-13-15-8-6-14(7-9-15)10-12-20(17-2,18-3)19-4/h6-9,11H,5,10,12-13H2,1-4H3. The van der Waals surface area contributed by atoms with Crippen molar-refractivity contribution in [2.24, 2.45) is 4.99 Å². The second-order valence-electron chi connectivity index (χ2n) is 4.54. The van der Waals surface area contributed by atoms with Crippen LogP contribution in [0, 0.1) is 0 Å². The van der Waals surface area contributed by atoms with E-state index in [2.05, 4.69) is 36.2 Å². The molecule has 0 fully saturated rings. The first kappa shape index (κ1) is 17.0.